The average molecular weight is 380 g/mol. The van der Waals surface area contributed by atoms with Crippen molar-refractivity contribution >= 4 is 27.3 Å². The van der Waals surface area contributed by atoms with Crippen molar-refractivity contribution in [1.82, 2.24) is 14.2 Å². The van der Waals surface area contributed by atoms with E-state index in [4.69, 9.17) is 0 Å². The van der Waals surface area contributed by atoms with Crippen LogP contribution in [-0.4, -0.2) is 54.7 Å². The van der Waals surface area contributed by atoms with E-state index in [-0.39, 0.29) is 5.91 Å². The van der Waals surface area contributed by atoms with E-state index in [1.165, 1.54) is 15.6 Å². The lowest BCUT2D eigenvalue weighted by Crippen LogP contribution is -2.50. The minimum atomic E-state index is -3.51. The molecule has 0 spiro atoms. The van der Waals surface area contributed by atoms with E-state index < -0.39 is 10.0 Å². The molecule has 3 rings (SSSR count). The van der Waals surface area contributed by atoms with Crippen LogP contribution in [0.1, 0.15) is 25.9 Å². The van der Waals surface area contributed by atoms with Gasteiger partial charge in [0.25, 0.3) is 5.91 Å². The normalized spacial score (nSPS) is 16.2. The number of rotatable bonds is 3. The van der Waals surface area contributed by atoms with Gasteiger partial charge in [-0.05, 0) is 32.9 Å². The molecule has 0 unspecified atom stereocenters. The predicted octanol–water partition coefficient (Wildman–Crippen LogP) is 2.22. The van der Waals surface area contributed by atoms with Crippen LogP contribution in [0.3, 0.4) is 0 Å². The molecule has 1 saturated heterocycles. The Balaban J connectivity index is 1.70. The van der Waals surface area contributed by atoms with Gasteiger partial charge in [0, 0.05) is 26.2 Å². The molecule has 1 aromatic heterocycles. The fraction of sp³-hybridized carbons (Fsp3) is 0.412. The smallest absolute Gasteiger partial charge is 0.265 e. The van der Waals surface area contributed by atoms with Crippen molar-refractivity contribution in [1.29, 1.82) is 0 Å². The van der Waals surface area contributed by atoms with E-state index >= 15 is 0 Å². The van der Waals surface area contributed by atoms with Crippen LogP contribution in [0.2, 0.25) is 0 Å². The van der Waals surface area contributed by atoms with Gasteiger partial charge in [0.05, 0.1) is 15.6 Å². The second kappa shape index (κ2) is 6.86. The minimum Gasteiger partial charge on any atom is -0.335 e. The highest BCUT2D eigenvalue weighted by Crippen LogP contribution is 2.22. The molecule has 1 aliphatic heterocycles. The van der Waals surface area contributed by atoms with E-state index in [0.29, 0.717) is 36.0 Å². The second-order valence-corrected chi connectivity index (χ2v) is 9.30. The number of piperazine rings is 1. The lowest BCUT2D eigenvalue weighted by molar-refractivity contribution is 0.0702. The van der Waals surface area contributed by atoms with Crippen molar-refractivity contribution in [3.8, 4) is 0 Å². The molecule has 2 aromatic rings. The number of sulfonamides is 1. The number of aryl methyl sites for hydroxylation is 3. The lowest BCUT2D eigenvalue weighted by Gasteiger charge is -2.33. The Bertz CT molecular complexity index is 880. The molecular formula is C17H21N3O3S2. The van der Waals surface area contributed by atoms with E-state index in [0.717, 1.165) is 16.3 Å². The standard InChI is InChI=1S/C17H21N3O3S2/c1-12-4-6-15(7-5-12)25(22,23)20-10-8-19(9-11-20)17(21)16-13(2)18-14(3)24-16/h4-7H,8-11H2,1-3H3. The Kier molecular flexibility index (Phi) is 4.95. The summed E-state index contributed by atoms with van der Waals surface area (Å²) in [4.78, 5) is 19.6. The van der Waals surface area contributed by atoms with E-state index in [2.05, 4.69) is 4.98 Å². The highest BCUT2D eigenvalue weighted by Gasteiger charge is 2.31. The molecule has 0 N–H and O–H groups in total. The molecule has 1 aromatic carbocycles. The summed E-state index contributed by atoms with van der Waals surface area (Å²) in [6.45, 7) is 7.01. The van der Waals surface area contributed by atoms with Gasteiger partial charge in [0.15, 0.2) is 0 Å². The molecule has 0 aliphatic carbocycles. The van der Waals surface area contributed by atoms with Crippen LogP contribution < -0.4 is 0 Å². The van der Waals surface area contributed by atoms with Gasteiger partial charge in [-0.3, -0.25) is 4.79 Å². The maximum atomic E-state index is 12.7. The first kappa shape index (κ1) is 18.0. The van der Waals surface area contributed by atoms with Gasteiger partial charge in [-0.2, -0.15) is 4.31 Å². The zero-order valence-corrected chi connectivity index (χ0v) is 16.2. The fourth-order valence-corrected chi connectivity index (χ4v) is 5.17. The van der Waals surface area contributed by atoms with Gasteiger partial charge < -0.3 is 4.90 Å². The van der Waals surface area contributed by atoms with E-state index in [1.807, 2.05) is 20.8 Å². The third-order valence-electron chi connectivity index (χ3n) is 4.28. The number of carbonyl (C=O) groups is 1. The first-order valence-electron chi connectivity index (χ1n) is 8.09. The van der Waals surface area contributed by atoms with Crippen LogP contribution in [0.15, 0.2) is 29.2 Å². The van der Waals surface area contributed by atoms with Crippen molar-refractivity contribution in [3.63, 3.8) is 0 Å². The lowest BCUT2D eigenvalue weighted by atomic mass is 10.2. The molecule has 1 fully saturated rings. The van der Waals surface area contributed by atoms with Crippen molar-refractivity contribution in [2.45, 2.75) is 25.7 Å². The Labute approximate surface area is 152 Å². The van der Waals surface area contributed by atoms with Crippen molar-refractivity contribution in [2.75, 3.05) is 26.2 Å². The number of amides is 1. The number of carbonyl (C=O) groups excluding carboxylic acids is 1. The number of aromatic nitrogens is 1. The molecule has 8 heteroatoms. The van der Waals surface area contributed by atoms with Crippen LogP contribution in [-0.2, 0) is 10.0 Å². The first-order chi connectivity index (χ1) is 11.8. The fourth-order valence-electron chi connectivity index (χ4n) is 2.86. The third-order valence-corrected chi connectivity index (χ3v) is 7.26. The monoisotopic (exact) mass is 379 g/mol. The number of hydrogen-bond acceptors (Lipinski definition) is 5. The quantitative estimate of drug-likeness (QED) is 0.820. The SMILES string of the molecule is Cc1ccc(S(=O)(=O)N2CCN(C(=O)c3sc(C)nc3C)CC2)cc1. The molecule has 134 valence electrons. The second-order valence-electron chi connectivity index (χ2n) is 6.16. The van der Waals surface area contributed by atoms with E-state index in [9.17, 15) is 13.2 Å². The maximum absolute atomic E-state index is 12.7. The van der Waals surface area contributed by atoms with Gasteiger partial charge in [-0.15, -0.1) is 11.3 Å². The number of thiazole rings is 1. The largest absolute Gasteiger partial charge is 0.335 e. The molecule has 0 saturated carbocycles. The van der Waals surface area contributed by atoms with E-state index in [1.54, 1.807) is 29.2 Å². The van der Waals surface area contributed by atoms with Crippen LogP contribution in [0.25, 0.3) is 0 Å². The number of hydrogen-bond donors (Lipinski definition) is 0. The molecule has 0 bridgehead atoms. The number of nitrogens with zero attached hydrogens (tertiary/aromatic N) is 3. The minimum absolute atomic E-state index is 0.0597. The maximum Gasteiger partial charge on any atom is 0.265 e. The van der Waals surface area contributed by atoms with Gasteiger partial charge in [-0.1, -0.05) is 17.7 Å². The van der Waals surface area contributed by atoms with Gasteiger partial charge in [0.1, 0.15) is 4.88 Å². The summed E-state index contributed by atoms with van der Waals surface area (Å²) in [6.07, 6.45) is 0. The van der Waals surface area contributed by atoms with Crippen LogP contribution in [0.5, 0.6) is 0 Å². The summed E-state index contributed by atoms with van der Waals surface area (Å²) in [5.41, 5.74) is 1.76. The molecule has 2 heterocycles. The summed E-state index contributed by atoms with van der Waals surface area (Å²) < 4.78 is 26.9. The predicted molar refractivity (Wildman–Crippen MR) is 97.4 cm³/mol. The Morgan fingerprint density at radius 2 is 1.64 bits per heavy atom. The first-order valence-corrected chi connectivity index (χ1v) is 10.3. The van der Waals surface area contributed by atoms with Crippen molar-refractivity contribution < 1.29 is 13.2 Å². The molecule has 1 amide bonds. The molecule has 25 heavy (non-hydrogen) atoms. The topological polar surface area (TPSA) is 70.6 Å². The van der Waals surface area contributed by atoms with Crippen molar-refractivity contribution in [2.24, 2.45) is 0 Å². The summed E-state index contributed by atoms with van der Waals surface area (Å²) in [6, 6.07) is 6.85. The summed E-state index contributed by atoms with van der Waals surface area (Å²) in [5.74, 6) is -0.0597. The highest BCUT2D eigenvalue weighted by atomic mass is 32.2. The molecule has 1 aliphatic rings. The van der Waals surface area contributed by atoms with Crippen LogP contribution in [0, 0.1) is 20.8 Å². The Morgan fingerprint density at radius 1 is 1.04 bits per heavy atom. The molecule has 0 atom stereocenters. The van der Waals surface area contributed by atoms with Gasteiger partial charge >= 0.3 is 0 Å². The van der Waals surface area contributed by atoms with Crippen LogP contribution >= 0.6 is 11.3 Å². The summed E-state index contributed by atoms with van der Waals surface area (Å²) in [5, 5.41) is 0.862. The van der Waals surface area contributed by atoms with Crippen molar-refractivity contribution in [3.05, 3.63) is 45.4 Å². The Hall–Kier alpha value is -1.77. The highest BCUT2D eigenvalue weighted by molar-refractivity contribution is 7.89. The van der Waals surface area contributed by atoms with Gasteiger partial charge in [-0.25, -0.2) is 13.4 Å². The summed E-state index contributed by atoms with van der Waals surface area (Å²) >= 11 is 1.39. The summed E-state index contributed by atoms with van der Waals surface area (Å²) in [7, 11) is -3.51. The number of benzene rings is 1. The molecule has 0 radical (unpaired) electrons. The van der Waals surface area contributed by atoms with Gasteiger partial charge in [0.2, 0.25) is 10.0 Å². The average Bonchev–Trinajstić information content (AvgIpc) is 2.93. The third kappa shape index (κ3) is 3.61. The zero-order chi connectivity index (χ0) is 18.2. The van der Waals surface area contributed by atoms with Crippen LogP contribution in [0.4, 0.5) is 0 Å². The Morgan fingerprint density at radius 3 is 2.16 bits per heavy atom. The molecule has 6 nitrogen and oxygen atoms in total. The molecular weight excluding hydrogens is 358 g/mol. The zero-order valence-electron chi connectivity index (χ0n) is 14.5.